The first-order valence-corrected chi connectivity index (χ1v) is 9.35. The SMILES string of the molecule is CCC1CCCCC1Oc1cc(F)c(S(N)(=O)=O)cc1Br. The molecule has 7 heteroatoms. The lowest BCUT2D eigenvalue weighted by atomic mass is 9.85. The highest BCUT2D eigenvalue weighted by Gasteiger charge is 2.27. The average Bonchev–Trinajstić information content (AvgIpc) is 2.42. The van der Waals surface area contributed by atoms with Gasteiger partial charge in [0.05, 0.1) is 4.47 Å². The largest absolute Gasteiger partial charge is 0.489 e. The summed E-state index contributed by atoms with van der Waals surface area (Å²) < 4.78 is 42.8. The molecule has 2 atom stereocenters. The lowest BCUT2D eigenvalue weighted by Gasteiger charge is -2.31. The van der Waals surface area contributed by atoms with Crippen LogP contribution in [-0.4, -0.2) is 14.5 Å². The number of benzene rings is 1. The van der Waals surface area contributed by atoms with E-state index in [-0.39, 0.29) is 6.10 Å². The average molecular weight is 380 g/mol. The van der Waals surface area contributed by atoms with E-state index in [9.17, 15) is 12.8 Å². The van der Waals surface area contributed by atoms with Crippen LogP contribution in [0.3, 0.4) is 0 Å². The molecule has 21 heavy (non-hydrogen) atoms. The van der Waals surface area contributed by atoms with Crippen molar-refractivity contribution in [3.63, 3.8) is 0 Å². The standard InChI is InChI=1S/C14H19BrFNO3S/c1-2-9-5-3-4-6-12(9)20-13-8-11(16)14(7-10(13)15)21(17,18)19/h7-9,12H,2-6H2,1H3,(H2,17,18,19). The second-order valence-corrected chi connectivity index (χ2v) is 7.75. The van der Waals surface area contributed by atoms with E-state index in [1.165, 1.54) is 6.42 Å². The number of sulfonamides is 1. The van der Waals surface area contributed by atoms with Crippen molar-refractivity contribution in [2.75, 3.05) is 0 Å². The summed E-state index contributed by atoms with van der Waals surface area (Å²) in [7, 11) is -4.08. The van der Waals surface area contributed by atoms with Gasteiger partial charge in [-0.15, -0.1) is 0 Å². The maximum atomic E-state index is 13.9. The molecular weight excluding hydrogens is 361 g/mol. The minimum Gasteiger partial charge on any atom is -0.489 e. The van der Waals surface area contributed by atoms with E-state index in [4.69, 9.17) is 9.88 Å². The van der Waals surface area contributed by atoms with Crippen molar-refractivity contribution in [2.45, 2.75) is 50.0 Å². The molecule has 0 heterocycles. The van der Waals surface area contributed by atoms with Crippen molar-refractivity contribution in [3.05, 3.63) is 22.4 Å². The van der Waals surface area contributed by atoms with Gasteiger partial charge in [-0.1, -0.05) is 13.3 Å². The van der Waals surface area contributed by atoms with Crippen LogP contribution in [0.25, 0.3) is 0 Å². The Bertz CT molecular complexity index is 621. The molecule has 1 saturated carbocycles. The maximum Gasteiger partial charge on any atom is 0.241 e. The van der Waals surface area contributed by atoms with Gasteiger partial charge in [0.25, 0.3) is 0 Å². The van der Waals surface area contributed by atoms with Gasteiger partial charge in [0.2, 0.25) is 10.0 Å². The predicted molar refractivity (Wildman–Crippen MR) is 82.1 cm³/mol. The third-order valence-electron chi connectivity index (χ3n) is 3.93. The number of hydrogen-bond donors (Lipinski definition) is 1. The third kappa shape index (κ3) is 3.96. The molecule has 2 unspecified atom stereocenters. The summed E-state index contributed by atoms with van der Waals surface area (Å²) in [6.45, 7) is 2.12. The van der Waals surface area contributed by atoms with E-state index < -0.39 is 20.7 Å². The van der Waals surface area contributed by atoms with Crippen LogP contribution in [0.1, 0.15) is 39.0 Å². The Morgan fingerprint density at radius 2 is 2.05 bits per heavy atom. The molecule has 0 spiro atoms. The van der Waals surface area contributed by atoms with Crippen molar-refractivity contribution in [3.8, 4) is 5.75 Å². The first-order chi connectivity index (χ1) is 9.82. The van der Waals surface area contributed by atoms with E-state index in [2.05, 4.69) is 22.9 Å². The molecule has 0 amide bonds. The van der Waals surface area contributed by atoms with Gasteiger partial charge in [-0.2, -0.15) is 0 Å². The normalized spacial score (nSPS) is 23.0. The summed E-state index contributed by atoms with van der Waals surface area (Å²) in [5, 5.41) is 4.97. The van der Waals surface area contributed by atoms with E-state index >= 15 is 0 Å². The van der Waals surface area contributed by atoms with Crippen LogP contribution in [-0.2, 0) is 10.0 Å². The van der Waals surface area contributed by atoms with E-state index in [1.807, 2.05) is 0 Å². The first-order valence-electron chi connectivity index (χ1n) is 7.01. The summed E-state index contributed by atoms with van der Waals surface area (Å²) in [5.41, 5.74) is 0. The molecule has 1 aliphatic rings. The molecule has 1 aromatic carbocycles. The Hall–Kier alpha value is -0.660. The Labute approximate surface area is 133 Å². The van der Waals surface area contributed by atoms with Crippen molar-refractivity contribution < 1.29 is 17.5 Å². The number of halogens is 2. The summed E-state index contributed by atoms with van der Waals surface area (Å²) >= 11 is 3.23. The molecule has 2 rings (SSSR count). The van der Waals surface area contributed by atoms with Crippen molar-refractivity contribution in [1.82, 2.24) is 0 Å². The van der Waals surface area contributed by atoms with Crippen LogP contribution in [0, 0.1) is 11.7 Å². The highest BCUT2D eigenvalue weighted by atomic mass is 79.9. The minimum absolute atomic E-state index is 0.0415. The molecule has 0 aliphatic heterocycles. The number of rotatable bonds is 4. The zero-order valence-corrected chi connectivity index (χ0v) is 14.2. The first kappa shape index (κ1) is 16.7. The van der Waals surface area contributed by atoms with Crippen molar-refractivity contribution >= 4 is 26.0 Å². The molecule has 2 N–H and O–H groups in total. The van der Waals surface area contributed by atoms with Gasteiger partial charge in [0, 0.05) is 6.07 Å². The van der Waals surface area contributed by atoms with Gasteiger partial charge < -0.3 is 4.74 Å². The lowest BCUT2D eigenvalue weighted by Crippen LogP contribution is -2.30. The molecule has 0 radical (unpaired) electrons. The van der Waals surface area contributed by atoms with Gasteiger partial charge >= 0.3 is 0 Å². The molecule has 1 aromatic rings. The minimum atomic E-state index is -4.08. The topological polar surface area (TPSA) is 69.4 Å². The van der Waals surface area contributed by atoms with E-state index in [0.717, 1.165) is 37.8 Å². The second-order valence-electron chi connectivity index (χ2n) is 5.37. The highest BCUT2D eigenvalue weighted by molar-refractivity contribution is 9.10. The third-order valence-corrected chi connectivity index (χ3v) is 5.48. The fourth-order valence-corrected chi connectivity index (χ4v) is 3.98. The molecular formula is C14H19BrFNO3S. The molecule has 0 bridgehead atoms. The lowest BCUT2D eigenvalue weighted by molar-refractivity contribution is 0.0892. The van der Waals surface area contributed by atoms with Crippen LogP contribution in [0.5, 0.6) is 5.75 Å². The van der Waals surface area contributed by atoms with Gasteiger partial charge in [0.15, 0.2) is 0 Å². The predicted octanol–water partition coefficient (Wildman–Crippen LogP) is 3.58. The number of hydrogen-bond acceptors (Lipinski definition) is 3. The van der Waals surface area contributed by atoms with Crippen LogP contribution < -0.4 is 9.88 Å². The quantitative estimate of drug-likeness (QED) is 0.868. The van der Waals surface area contributed by atoms with Crippen LogP contribution in [0.2, 0.25) is 0 Å². The Morgan fingerprint density at radius 1 is 1.38 bits per heavy atom. The summed E-state index contributed by atoms with van der Waals surface area (Å²) in [4.78, 5) is -0.530. The monoisotopic (exact) mass is 379 g/mol. The number of nitrogens with two attached hydrogens (primary N) is 1. The Morgan fingerprint density at radius 3 is 2.67 bits per heavy atom. The number of ether oxygens (including phenoxy) is 1. The molecule has 0 aromatic heterocycles. The zero-order chi connectivity index (χ0) is 15.6. The van der Waals surface area contributed by atoms with Crippen molar-refractivity contribution in [2.24, 2.45) is 11.1 Å². The van der Waals surface area contributed by atoms with Gasteiger partial charge in [0.1, 0.15) is 22.6 Å². The van der Waals surface area contributed by atoms with Crippen LogP contribution in [0.4, 0.5) is 4.39 Å². The highest BCUT2D eigenvalue weighted by Crippen LogP contribution is 2.35. The zero-order valence-electron chi connectivity index (χ0n) is 11.8. The van der Waals surface area contributed by atoms with E-state index in [1.54, 1.807) is 0 Å². The van der Waals surface area contributed by atoms with E-state index in [0.29, 0.717) is 16.1 Å². The fraction of sp³-hybridized carbons (Fsp3) is 0.571. The smallest absolute Gasteiger partial charge is 0.241 e. The molecule has 1 fully saturated rings. The maximum absolute atomic E-state index is 13.9. The second kappa shape index (κ2) is 6.62. The summed E-state index contributed by atoms with van der Waals surface area (Å²) in [6.07, 6.45) is 5.38. The van der Waals surface area contributed by atoms with Crippen LogP contribution >= 0.6 is 15.9 Å². The molecule has 118 valence electrons. The Kier molecular flexibility index (Phi) is 5.27. The number of primary sulfonamides is 1. The summed E-state index contributed by atoms with van der Waals surface area (Å²) in [6, 6.07) is 2.24. The van der Waals surface area contributed by atoms with Gasteiger partial charge in [-0.25, -0.2) is 17.9 Å². The molecule has 4 nitrogen and oxygen atoms in total. The van der Waals surface area contributed by atoms with Crippen molar-refractivity contribution in [1.29, 1.82) is 0 Å². The summed E-state index contributed by atoms with van der Waals surface area (Å²) in [5.74, 6) is -0.114. The van der Waals surface area contributed by atoms with Crippen LogP contribution in [0.15, 0.2) is 21.5 Å². The van der Waals surface area contributed by atoms with Gasteiger partial charge in [-0.3, -0.25) is 0 Å². The molecule has 0 saturated heterocycles. The molecule has 1 aliphatic carbocycles. The van der Waals surface area contributed by atoms with Gasteiger partial charge in [-0.05, 0) is 53.6 Å². The fourth-order valence-electron chi connectivity index (χ4n) is 2.78. The Balaban J connectivity index is 2.27.